The molecule has 0 radical (unpaired) electrons. The van der Waals surface area contributed by atoms with Crippen LogP contribution >= 0.6 is 24.2 Å². The van der Waals surface area contributed by atoms with Crippen molar-refractivity contribution in [1.82, 2.24) is 15.3 Å². The summed E-state index contributed by atoms with van der Waals surface area (Å²) >= 11 is 1.52. The van der Waals surface area contributed by atoms with Crippen LogP contribution in [0.4, 0.5) is 5.69 Å². The third-order valence-electron chi connectivity index (χ3n) is 3.67. The Morgan fingerprint density at radius 3 is 2.46 bits per heavy atom. The van der Waals surface area contributed by atoms with Crippen LogP contribution in [0.15, 0.2) is 40.4 Å². The third kappa shape index (κ3) is 4.93. The van der Waals surface area contributed by atoms with Crippen molar-refractivity contribution in [3.05, 3.63) is 41.7 Å². The van der Waals surface area contributed by atoms with Gasteiger partial charge in [-0.2, -0.15) is 0 Å². The normalized spacial score (nSPS) is 16.5. The third-order valence-corrected chi connectivity index (χ3v) is 4.54. The maximum atomic E-state index is 12.1. The molecule has 128 valence electrons. The van der Waals surface area contributed by atoms with Crippen molar-refractivity contribution in [3.8, 4) is 0 Å². The highest BCUT2D eigenvalue weighted by Crippen LogP contribution is 2.26. The quantitative estimate of drug-likeness (QED) is 0.814. The van der Waals surface area contributed by atoms with Gasteiger partial charge in [0.25, 0.3) is 0 Å². The molecule has 1 fully saturated rings. The van der Waals surface area contributed by atoms with Crippen molar-refractivity contribution >= 4 is 35.8 Å². The lowest BCUT2D eigenvalue weighted by atomic mass is 10.2. The van der Waals surface area contributed by atoms with Gasteiger partial charge in [-0.1, -0.05) is 0 Å². The van der Waals surface area contributed by atoms with E-state index in [-0.39, 0.29) is 24.4 Å². The van der Waals surface area contributed by atoms with Crippen LogP contribution in [-0.4, -0.2) is 28.5 Å². The van der Waals surface area contributed by atoms with Crippen LogP contribution in [0.1, 0.15) is 24.2 Å². The van der Waals surface area contributed by atoms with Gasteiger partial charge in [-0.3, -0.25) is 4.79 Å². The average Bonchev–Trinajstić information content (AvgIpc) is 3.02. The maximum absolute atomic E-state index is 12.1. The number of rotatable bonds is 4. The molecule has 2 heterocycles. The van der Waals surface area contributed by atoms with Gasteiger partial charge in [0, 0.05) is 22.0 Å². The van der Waals surface area contributed by atoms with Crippen LogP contribution in [0.2, 0.25) is 0 Å². The summed E-state index contributed by atoms with van der Waals surface area (Å²) in [7, 11) is 0. The van der Waals surface area contributed by atoms with E-state index in [1.165, 1.54) is 11.8 Å². The molecule has 1 aromatic heterocycles. The molecule has 1 saturated heterocycles. The second-order valence-corrected chi connectivity index (χ2v) is 6.74. The van der Waals surface area contributed by atoms with Crippen molar-refractivity contribution in [1.29, 1.82) is 0 Å². The minimum Gasteiger partial charge on any atom is -0.325 e. The zero-order chi connectivity index (χ0) is 16.2. The van der Waals surface area contributed by atoms with E-state index in [1.54, 1.807) is 0 Å². The van der Waals surface area contributed by atoms with E-state index >= 15 is 0 Å². The number of aryl methyl sites for hydroxylation is 2. The number of aromatic nitrogens is 2. The molecule has 1 amide bonds. The molecule has 7 heteroatoms. The first-order chi connectivity index (χ1) is 11.1. The number of benzene rings is 1. The highest BCUT2D eigenvalue weighted by atomic mass is 35.5. The molecule has 0 bridgehead atoms. The number of amides is 1. The second-order valence-electron chi connectivity index (χ2n) is 5.70. The van der Waals surface area contributed by atoms with Gasteiger partial charge in [-0.05, 0) is 75.3 Å². The molecule has 1 unspecified atom stereocenters. The summed E-state index contributed by atoms with van der Waals surface area (Å²) in [5.74, 6) is 0.0422. The highest BCUT2D eigenvalue weighted by Gasteiger charge is 2.21. The molecule has 1 aliphatic rings. The summed E-state index contributed by atoms with van der Waals surface area (Å²) in [6.07, 6.45) is 1.97. The van der Waals surface area contributed by atoms with Gasteiger partial charge in [-0.15, -0.1) is 12.4 Å². The molecule has 0 saturated carbocycles. The molecule has 0 aliphatic carbocycles. The Morgan fingerprint density at radius 2 is 1.88 bits per heavy atom. The zero-order valence-corrected chi connectivity index (χ0v) is 15.3. The number of nitrogens with one attached hydrogen (secondary N) is 2. The van der Waals surface area contributed by atoms with E-state index < -0.39 is 0 Å². The van der Waals surface area contributed by atoms with Gasteiger partial charge in [0.15, 0.2) is 5.16 Å². The summed E-state index contributed by atoms with van der Waals surface area (Å²) in [5, 5.41) is 6.89. The lowest BCUT2D eigenvalue weighted by Crippen LogP contribution is -2.35. The molecule has 2 aromatic rings. The second kappa shape index (κ2) is 8.46. The van der Waals surface area contributed by atoms with Crippen LogP contribution in [-0.2, 0) is 4.79 Å². The minimum absolute atomic E-state index is 0. The number of anilines is 1. The van der Waals surface area contributed by atoms with Crippen molar-refractivity contribution in [2.45, 2.75) is 42.8 Å². The fourth-order valence-electron chi connectivity index (χ4n) is 2.59. The van der Waals surface area contributed by atoms with Gasteiger partial charge in [0.2, 0.25) is 5.91 Å². The standard InChI is InChI=1S/C17H20N4OS.ClH/c1-11-10-12(2)20-17(19-11)23-14-7-5-13(6-8-14)21-16(22)15-4-3-9-18-15;/h5-8,10,15,18H,3-4,9H2,1-2H3,(H,21,22);1H. The Labute approximate surface area is 152 Å². The number of carbonyl (C=O) groups excluding carboxylic acids is 1. The lowest BCUT2D eigenvalue weighted by Gasteiger charge is -2.11. The van der Waals surface area contributed by atoms with Crippen LogP contribution < -0.4 is 10.6 Å². The van der Waals surface area contributed by atoms with Crippen LogP contribution in [0, 0.1) is 13.8 Å². The minimum atomic E-state index is -0.0623. The summed E-state index contributed by atoms with van der Waals surface area (Å²) < 4.78 is 0. The number of carbonyl (C=O) groups is 1. The highest BCUT2D eigenvalue weighted by molar-refractivity contribution is 7.99. The predicted octanol–water partition coefficient (Wildman–Crippen LogP) is 3.36. The fourth-order valence-corrected chi connectivity index (χ4v) is 3.45. The maximum Gasteiger partial charge on any atom is 0.241 e. The molecule has 1 aromatic carbocycles. The molecule has 24 heavy (non-hydrogen) atoms. The van der Waals surface area contributed by atoms with Crippen molar-refractivity contribution in [3.63, 3.8) is 0 Å². The summed E-state index contributed by atoms with van der Waals surface area (Å²) in [4.78, 5) is 22.0. The molecule has 1 aliphatic heterocycles. The Balaban J connectivity index is 0.00000208. The van der Waals surface area contributed by atoms with E-state index in [2.05, 4.69) is 20.6 Å². The predicted molar refractivity (Wildman–Crippen MR) is 99.0 cm³/mol. The van der Waals surface area contributed by atoms with Gasteiger partial charge in [-0.25, -0.2) is 9.97 Å². The molecular formula is C17H21ClN4OS. The lowest BCUT2D eigenvalue weighted by molar-refractivity contribution is -0.117. The van der Waals surface area contributed by atoms with E-state index in [9.17, 15) is 4.79 Å². The Hall–Kier alpha value is -1.63. The zero-order valence-electron chi connectivity index (χ0n) is 13.7. The van der Waals surface area contributed by atoms with Gasteiger partial charge in [0.05, 0.1) is 6.04 Å². The summed E-state index contributed by atoms with van der Waals surface area (Å²) in [6, 6.07) is 9.68. The van der Waals surface area contributed by atoms with Crippen LogP contribution in [0.25, 0.3) is 0 Å². The SMILES string of the molecule is Cc1cc(C)nc(Sc2ccc(NC(=O)C3CCCN3)cc2)n1.Cl. The first kappa shape index (κ1) is 18.7. The monoisotopic (exact) mass is 364 g/mol. The first-order valence-corrected chi connectivity index (χ1v) is 8.56. The number of hydrogen-bond acceptors (Lipinski definition) is 5. The Morgan fingerprint density at radius 1 is 1.21 bits per heavy atom. The molecule has 5 nitrogen and oxygen atoms in total. The van der Waals surface area contributed by atoms with Crippen molar-refractivity contribution < 1.29 is 4.79 Å². The summed E-state index contributed by atoms with van der Waals surface area (Å²) in [6.45, 7) is 4.85. The Bertz CT molecular complexity index is 682. The number of nitrogens with zero attached hydrogens (tertiary/aromatic N) is 2. The topological polar surface area (TPSA) is 66.9 Å². The fraction of sp³-hybridized carbons (Fsp3) is 0.353. The molecule has 2 N–H and O–H groups in total. The Kier molecular flexibility index (Phi) is 6.60. The van der Waals surface area contributed by atoms with Gasteiger partial charge in [0.1, 0.15) is 0 Å². The molecule has 1 atom stereocenters. The smallest absolute Gasteiger partial charge is 0.241 e. The van der Waals surface area contributed by atoms with E-state index in [0.717, 1.165) is 46.5 Å². The van der Waals surface area contributed by atoms with Crippen LogP contribution in [0.5, 0.6) is 0 Å². The number of halogens is 1. The number of hydrogen-bond donors (Lipinski definition) is 2. The molecule has 3 rings (SSSR count). The molecular weight excluding hydrogens is 344 g/mol. The largest absolute Gasteiger partial charge is 0.325 e. The van der Waals surface area contributed by atoms with Gasteiger partial charge >= 0.3 is 0 Å². The first-order valence-electron chi connectivity index (χ1n) is 7.74. The van der Waals surface area contributed by atoms with Crippen LogP contribution in [0.3, 0.4) is 0 Å². The van der Waals surface area contributed by atoms with E-state index in [4.69, 9.17) is 0 Å². The average molecular weight is 365 g/mol. The van der Waals surface area contributed by atoms with Gasteiger partial charge < -0.3 is 10.6 Å². The molecule has 0 spiro atoms. The van der Waals surface area contributed by atoms with E-state index in [0.29, 0.717) is 0 Å². The van der Waals surface area contributed by atoms with E-state index in [1.807, 2.05) is 44.2 Å². The van der Waals surface area contributed by atoms with Crippen molar-refractivity contribution in [2.75, 3.05) is 11.9 Å². The van der Waals surface area contributed by atoms with Crippen molar-refractivity contribution in [2.24, 2.45) is 0 Å². The summed E-state index contributed by atoms with van der Waals surface area (Å²) in [5.41, 5.74) is 2.75.